The summed E-state index contributed by atoms with van der Waals surface area (Å²) in [5, 5.41) is 17.1. The number of anilines is 1. The zero-order valence-electron chi connectivity index (χ0n) is 12.1. The van der Waals surface area contributed by atoms with E-state index in [1.165, 1.54) is 16.9 Å². The molecule has 110 valence electrons. The monoisotopic (exact) mass is 288 g/mol. The Balaban J connectivity index is 2.10. The van der Waals surface area contributed by atoms with Crippen LogP contribution in [0.15, 0.2) is 24.4 Å². The highest BCUT2D eigenvalue weighted by Crippen LogP contribution is 2.21. The predicted molar refractivity (Wildman–Crippen MR) is 78.2 cm³/mol. The average Bonchev–Trinajstić information content (AvgIpc) is 2.82. The number of carbonyl (C=O) groups excluding carboxylic acids is 1. The van der Waals surface area contributed by atoms with Gasteiger partial charge in [0.05, 0.1) is 17.4 Å². The highest BCUT2D eigenvalue weighted by Gasteiger charge is 2.14. The number of aromatic nitrogens is 2. The van der Waals surface area contributed by atoms with Gasteiger partial charge in [0.25, 0.3) is 0 Å². The Morgan fingerprint density at radius 1 is 1.33 bits per heavy atom. The van der Waals surface area contributed by atoms with Crippen LogP contribution in [0.25, 0.3) is 0 Å². The summed E-state index contributed by atoms with van der Waals surface area (Å²) in [6.45, 7) is 5.78. The van der Waals surface area contributed by atoms with Crippen molar-refractivity contribution in [2.24, 2.45) is 0 Å². The zero-order valence-corrected chi connectivity index (χ0v) is 12.1. The van der Waals surface area contributed by atoms with Gasteiger partial charge in [-0.3, -0.25) is 4.79 Å². The van der Waals surface area contributed by atoms with Crippen molar-refractivity contribution in [2.45, 2.75) is 27.3 Å². The summed E-state index contributed by atoms with van der Waals surface area (Å²) in [6, 6.07) is 5.23. The second kappa shape index (κ2) is 5.74. The fourth-order valence-electron chi connectivity index (χ4n) is 2.24. The van der Waals surface area contributed by atoms with Gasteiger partial charge < -0.3 is 15.4 Å². The Bertz CT molecular complexity index is 683. The first-order chi connectivity index (χ1) is 9.86. The number of hydrogen-bond acceptors (Lipinski definition) is 4. The van der Waals surface area contributed by atoms with Crippen LogP contribution in [0.1, 0.15) is 16.7 Å². The number of aryl methyl sites for hydroxylation is 3. The summed E-state index contributed by atoms with van der Waals surface area (Å²) in [5.74, 6) is -0.548. The van der Waals surface area contributed by atoms with Crippen LogP contribution in [0.3, 0.4) is 0 Å². The third kappa shape index (κ3) is 3.44. The van der Waals surface area contributed by atoms with Crippen LogP contribution < -0.4 is 5.32 Å². The second-order valence-electron chi connectivity index (χ2n) is 4.95. The molecule has 0 radical (unpaired) electrons. The normalized spacial score (nSPS) is 10.4. The molecule has 2 aromatic rings. The van der Waals surface area contributed by atoms with Crippen molar-refractivity contribution >= 4 is 17.4 Å². The van der Waals surface area contributed by atoms with Gasteiger partial charge in [-0.25, -0.2) is 0 Å². The Morgan fingerprint density at radius 3 is 2.48 bits per heavy atom. The van der Waals surface area contributed by atoms with Gasteiger partial charge in [-0.15, -0.1) is 0 Å². The van der Waals surface area contributed by atoms with Crippen molar-refractivity contribution in [1.29, 1.82) is 0 Å². The molecule has 1 amide bonds. The molecule has 21 heavy (non-hydrogen) atoms. The number of amides is 1. The summed E-state index contributed by atoms with van der Waals surface area (Å²) >= 11 is 0. The SMILES string of the molecule is Cc1cc(C)c(NC(=O)Cn2ccc([N+](=O)[O-])n2)c(C)c1. The largest absolute Gasteiger partial charge is 0.389 e. The molecule has 0 spiro atoms. The van der Waals surface area contributed by atoms with Gasteiger partial charge >= 0.3 is 5.82 Å². The summed E-state index contributed by atoms with van der Waals surface area (Å²) in [5.41, 5.74) is 3.86. The van der Waals surface area contributed by atoms with Crippen molar-refractivity contribution < 1.29 is 9.72 Å². The first kappa shape index (κ1) is 14.7. The van der Waals surface area contributed by atoms with Crippen molar-refractivity contribution in [2.75, 3.05) is 5.32 Å². The lowest BCUT2D eigenvalue weighted by molar-refractivity contribution is -0.389. The summed E-state index contributed by atoms with van der Waals surface area (Å²) in [4.78, 5) is 22.0. The molecule has 0 fully saturated rings. The lowest BCUT2D eigenvalue weighted by atomic mass is 10.1. The van der Waals surface area contributed by atoms with Gasteiger partial charge in [0, 0.05) is 5.69 Å². The molecule has 1 N–H and O–H groups in total. The molecule has 0 aliphatic rings. The Hall–Kier alpha value is -2.70. The predicted octanol–water partition coefficient (Wildman–Crippen LogP) is 2.36. The second-order valence-corrected chi connectivity index (χ2v) is 4.95. The van der Waals surface area contributed by atoms with E-state index in [2.05, 4.69) is 10.4 Å². The maximum absolute atomic E-state index is 12.0. The van der Waals surface area contributed by atoms with Crippen LogP contribution in [0, 0.1) is 30.9 Å². The molecule has 7 nitrogen and oxygen atoms in total. The molecule has 0 saturated carbocycles. The van der Waals surface area contributed by atoms with Crippen LogP contribution in [-0.4, -0.2) is 20.6 Å². The molecular formula is C14H16N4O3. The number of nitrogens with zero attached hydrogens (tertiary/aromatic N) is 3. The molecule has 0 aliphatic heterocycles. The topological polar surface area (TPSA) is 90.1 Å². The minimum atomic E-state index is -0.595. The van der Waals surface area contributed by atoms with Crippen LogP contribution >= 0.6 is 0 Å². The molecule has 7 heteroatoms. The van der Waals surface area contributed by atoms with Crippen LogP contribution in [0.2, 0.25) is 0 Å². The summed E-state index contributed by atoms with van der Waals surface area (Å²) in [6.07, 6.45) is 1.41. The summed E-state index contributed by atoms with van der Waals surface area (Å²) < 4.78 is 1.24. The standard InChI is InChI=1S/C14H16N4O3/c1-9-6-10(2)14(11(3)7-9)15-13(19)8-17-5-4-12(16-17)18(20)21/h4-7H,8H2,1-3H3,(H,15,19). The van der Waals surface area contributed by atoms with Gasteiger partial charge in [-0.05, 0) is 36.8 Å². The fraction of sp³-hybridized carbons (Fsp3) is 0.286. The summed E-state index contributed by atoms with van der Waals surface area (Å²) in [7, 11) is 0. The van der Waals surface area contributed by atoms with E-state index < -0.39 is 4.92 Å². The molecule has 0 atom stereocenters. The number of nitrogens with one attached hydrogen (secondary N) is 1. The third-order valence-electron chi connectivity index (χ3n) is 3.06. The average molecular weight is 288 g/mol. The van der Waals surface area contributed by atoms with Crippen LogP contribution in [0.5, 0.6) is 0 Å². The van der Waals surface area contributed by atoms with Crippen molar-refractivity contribution in [3.63, 3.8) is 0 Å². The Labute approximate surface area is 121 Å². The first-order valence-corrected chi connectivity index (χ1v) is 6.42. The van der Waals surface area contributed by atoms with E-state index in [1.807, 2.05) is 32.9 Å². The van der Waals surface area contributed by atoms with Crippen molar-refractivity contribution in [1.82, 2.24) is 9.78 Å². The number of nitro groups is 1. The molecule has 0 unspecified atom stereocenters. The number of hydrogen-bond donors (Lipinski definition) is 1. The maximum atomic E-state index is 12.0. The quantitative estimate of drug-likeness (QED) is 0.690. The van der Waals surface area contributed by atoms with Gasteiger partial charge in [0.2, 0.25) is 5.91 Å². The fourth-order valence-corrected chi connectivity index (χ4v) is 2.24. The van der Waals surface area contributed by atoms with Gasteiger partial charge in [0.1, 0.15) is 6.54 Å². The lowest BCUT2D eigenvalue weighted by Gasteiger charge is -2.12. The van der Waals surface area contributed by atoms with E-state index in [-0.39, 0.29) is 18.3 Å². The number of carbonyl (C=O) groups is 1. The molecule has 1 heterocycles. The lowest BCUT2D eigenvalue weighted by Crippen LogP contribution is -2.20. The molecule has 0 bridgehead atoms. The van der Waals surface area contributed by atoms with Gasteiger partial charge in [0.15, 0.2) is 0 Å². The van der Waals surface area contributed by atoms with Crippen molar-refractivity contribution in [3.05, 3.63) is 51.2 Å². The first-order valence-electron chi connectivity index (χ1n) is 6.42. The van der Waals surface area contributed by atoms with E-state index in [0.717, 1.165) is 22.4 Å². The Kier molecular flexibility index (Phi) is 4.02. The zero-order chi connectivity index (χ0) is 15.6. The molecular weight excluding hydrogens is 272 g/mol. The third-order valence-corrected chi connectivity index (χ3v) is 3.06. The molecule has 1 aromatic heterocycles. The van der Waals surface area contributed by atoms with Crippen LogP contribution in [-0.2, 0) is 11.3 Å². The Morgan fingerprint density at radius 2 is 1.95 bits per heavy atom. The molecule has 0 saturated heterocycles. The highest BCUT2D eigenvalue weighted by atomic mass is 16.6. The van der Waals surface area contributed by atoms with Gasteiger partial charge in [-0.2, -0.15) is 4.68 Å². The minimum absolute atomic E-state index is 0.0689. The number of rotatable bonds is 4. The molecule has 0 aliphatic carbocycles. The highest BCUT2D eigenvalue weighted by molar-refractivity contribution is 5.92. The van der Waals surface area contributed by atoms with E-state index in [0.29, 0.717) is 0 Å². The van der Waals surface area contributed by atoms with Crippen LogP contribution in [0.4, 0.5) is 11.5 Å². The van der Waals surface area contributed by atoms with Gasteiger partial charge in [-0.1, -0.05) is 17.7 Å². The minimum Gasteiger partial charge on any atom is -0.358 e. The van der Waals surface area contributed by atoms with E-state index in [9.17, 15) is 14.9 Å². The van der Waals surface area contributed by atoms with Crippen molar-refractivity contribution in [3.8, 4) is 0 Å². The molecule has 2 rings (SSSR count). The van der Waals surface area contributed by atoms with E-state index in [1.54, 1.807) is 0 Å². The van der Waals surface area contributed by atoms with E-state index in [4.69, 9.17) is 0 Å². The smallest absolute Gasteiger partial charge is 0.358 e. The molecule has 1 aromatic carbocycles. The van der Waals surface area contributed by atoms with E-state index >= 15 is 0 Å². The number of benzene rings is 1. The maximum Gasteiger partial charge on any atom is 0.389 e.